The molecule has 0 saturated heterocycles. The van der Waals surface area contributed by atoms with Crippen molar-refractivity contribution in [3.8, 4) is 0 Å². The molecule has 0 bridgehead atoms. The van der Waals surface area contributed by atoms with Gasteiger partial charge >= 0.3 is 0 Å². The summed E-state index contributed by atoms with van der Waals surface area (Å²) in [7, 11) is 0. The SMILES string of the molecule is C/C=C\C1=CC=CCCC1. The molecule has 0 aromatic heterocycles. The van der Waals surface area contributed by atoms with Crippen molar-refractivity contribution in [2.45, 2.75) is 26.2 Å². The van der Waals surface area contributed by atoms with Gasteiger partial charge in [0, 0.05) is 0 Å². The summed E-state index contributed by atoms with van der Waals surface area (Å²) in [6.07, 6.45) is 14.6. The van der Waals surface area contributed by atoms with Gasteiger partial charge in [0.15, 0.2) is 0 Å². The molecule has 0 unspecified atom stereocenters. The minimum Gasteiger partial charge on any atom is -0.0874 e. The first kappa shape index (κ1) is 7.33. The monoisotopic (exact) mass is 134 g/mol. The van der Waals surface area contributed by atoms with E-state index in [4.69, 9.17) is 0 Å². The highest BCUT2D eigenvalue weighted by Crippen LogP contribution is 2.12. The Kier molecular flexibility index (Phi) is 3.01. The van der Waals surface area contributed by atoms with Crippen LogP contribution in [-0.4, -0.2) is 0 Å². The fourth-order valence-electron chi connectivity index (χ4n) is 1.15. The quantitative estimate of drug-likeness (QED) is 0.516. The van der Waals surface area contributed by atoms with Gasteiger partial charge in [0.2, 0.25) is 0 Å². The molecule has 0 aromatic rings. The number of allylic oxidation sites excluding steroid dienone is 6. The van der Waals surface area contributed by atoms with Gasteiger partial charge in [-0.1, -0.05) is 30.4 Å². The molecule has 1 rings (SSSR count). The molecule has 0 saturated carbocycles. The molecule has 0 N–H and O–H groups in total. The van der Waals surface area contributed by atoms with E-state index in [2.05, 4.69) is 37.3 Å². The van der Waals surface area contributed by atoms with Gasteiger partial charge in [0.05, 0.1) is 0 Å². The third-order valence-electron chi connectivity index (χ3n) is 1.66. The number of hydrogen-bond acceptors (Lipinski definition) is 0. The highest BCUT2D eigenvalue weighted by atomic mass is 14.0. The van der Waals surface area contributed by atoms with Crippen LogP contribution in [0.4, 0.5) is 0 Å². The van der Waals surface area contributed by atoms with Gasteiger partial charge < -0.3 is 0 Å². The molecule has 0 aromatic carbocycles. The highest BCUT2D eigenvalue weighted by Gasteiger charge is 1.93. The topological polar surface area (TPSA) is 0 Å². The fraction of sp³-hybridized carbons (Fsp3) is 0.400. The first-order valence-electron chi connectivity index (χ1n) is 3.92. The Hall–Kier alpha value is -0.780. The minimum atomic E-state index is 1.23. The largest absolute Gasteiger partial charge is 0.0874 e. The summed E-state index contributed by atoms with van der Waals surface area (Å²) in [4.78, 5) is 0. The van der Waals surface area contributed by atoms with Crippen LogP contribution in [0.1, 0.15) is 26.2 Å². The van der Waals surface area contributed by atoms with E-state index in [9.17, 15) is 0 Å². The molecule has 0 spiro atoms. The molecule has 0 atom stereocenters. The van der Waals surface area contributed by atoms with Crippen LogP contribution in [0.2, 0.25) is 0 Å². The normalized spacial score (nSPS) is 19.1. The van der Waals surface area contributed by atoms with E-state index in [1.807, 2.05) is 0 Å². The van der Waals surface area contributed by atoms with E-state index in [1.54, 1.807) is 0 Å². The smallest absolute Gasteiger partial charge is 0.0276 e. The molecule has 1 aliphatic carbocycles. The summed E-state index contributed by atoms with van der Waals surface area (Å²) >= 11 is 0. The van der Waals surface area contributed by atoms with Crippen molar-refractivity contribution in [1.82, 2.24) is 0 Å². The molecule has 0 aliphatic heterocycles. The zero-order chi connectivity index (χ0) is 7.23. The van der Waals surface area contributed by atoms with Crippen LogP contribution in [0.3, 0.4) is 0 Å². The van der Waals surface area contributed by atoms with Gasteiger partial charge in [-0.3, -0.25) is 0 Å². The fourth-order valence-corrected chi connectivity index (χ4v) is 1.15. The zero-order valence-electron chi connectivity index (χ0n) is 6.51. The number of hydrogen-bond donors (Lipinski definition) is 0. The van der Waals surface area contributed by atoms with Crippen LogP contribution >= 0.6 is 0 Å². The van der Waals surface area contributed by atoms with Gasteiger partial charge in [-0.15, -0.1) is 0 Å². The van der Waals surface area contributed by atoms with Gasteiger partial charge in [0.1, 0.15) is 0 Å². The van der Waals surface area contributed by atoms with Crippen molar-refractivity contribution in [2.75, 3.05) is 0 Å². The molecular formula is C10H14. The van der Waals surface area contributed by atoms with Crippen LogP contribution in [0.15, 0.2) is 36.0 Å². The van der Waals surface area contributed by atoms with E-state index in [-0.39, 0.29) is 0 Å². The van der Waals surface area contributed by atoms with Crippen molar-refractivity contribution in [3.05, 3.63) is 36.0 Å². The Labute approximate surface area is 62.9 Å². The van der Waals surface area contributed by atoms with Crippen molar-refractivity contribution >= 4 is 0 Å². The van der Waals surface area contributed by atoms with Crippen LogP contribution in [0.5, 0.6) is 0 Å². The van der Waals surface area contributed by atoms with Gasteiger partial charge in [-0.05, 0) is 31.8 Å². The standard InChI is InChI=1S/C10H14/c1-2-7-10-8-5-3-4-6-9-10/h2-3,5,7-8H,4,6,9H2,1H3/b7-2-. The maximum atomic E-state index is 2.23. The van der Waals surface area contributed by atoms with Gasteiger partial charge in [-0.25, -0.2) is 0 Å². The average Bonchev–Trinajstić information content (AvgIpc) is 2.17. The maximum Gasteiger partial charge on any atom is -0.0276 e. The lowest BCUT2D eigenvalue weighted by molar-refractivity contribution is 0.854. The van der Waals surface area contributed by atoms with Crippen LogP contribution in [0.25, 0.3) is 0 Å². The van der Waals surface area contributed by atoms with Crippen LogP contribution in [0, 0.1) is 0 Å². The molecule has 0 heterocycles. The first-order chi connectivity index (χ1) is 4.93. The molecule has 1 aliphatic rings. The average molecular weight is 134 g/mol. The van der Waals surface area contributed by atoms with Crippen molar-refractivity contribution in [2.24, 2.45) is 0 Å². The van der Waals surface area contributed by atoms with E-state index in [0.717, 1.165) is 0 Å². The summed E-state index contributed by atoms with van der Waals surface area (Å²) in [5, 5.41) is 0. The third-order valence-corrected chi connectivity index (χ3v) is 1.66. The molecule has 0 nitrogen and oxygen atoms in total. The second kappa shape index (κ2) is 4.10. The number of rotatable bonds is 1. The predicted octanol–water partition coefficient (Wildman–Crippen LogP) is 3.23. The second-order valence-corrected chi connectivity index (χ2v) is 2.56. The lowest BCUT2D eigenvalue weighted by atomic mass is 10.1. The van der Waals surface area contributed by atoms with Crippen LogP contribution in [-0.2, 0) is 0 Å². The predicted molar refractivity (Wildman–Crippen MR) is 45.9 cm³/mol. The molecule has 10 heavy (non-hydrogen) atoms. The molecule has 0 amide bonds. The minimum absolute atomic E-state index is 1.23. The Bertz CT molecular complexity index is 170. The van der Waals surface area contributed by atoms with E-state index in [1.165, 1.54) is 24.8 Å². The molecule has 0 heteroatoms. The molecule has 54 valence electrons. The van der Waals surface area contributed by atoms with E-state index in [0.29, 0.717) is 0 Å². The van der Waals surface area contributed by atoms with E-state index >= 15 is 0 Å². The summed E-state index contributed by atoms with van der Waals surface area (Å²) in [6.45, 7) is 2.06. The molecular weight excluding hydrogens is 120 g/mol. The van der Waals surface area contributed by atoms with Crippen molar-refractivity contribution in [3.63, 3.8) is 0 Å². The summed E-state index contributed by atoms with van der Waals surface area (Å²) in [6, 6.07) is 0. The lowest BCUT2D eigenvalue weighted by Crippen LogP contribution is -1.75. The Balaban J connectivity index is 2.57. The van der Waals surface area contributed by atoms with E-state index < -0.39 is 0 Å². The van der Waals surface area contributed by atoms with Crippen molar-refractivity contribution < 1.29 is 0 Å². The molecule has 0 radical (unpaired) electrons. The maximum absolute atomic E-state index is 2.23. The third kappa shape index (κ3) is 2.22. The first-order valence-corrected chi connectivity index (χ1v) is 3.92. The summed E-state index contributed by atoms with van der Waals surface area (Å²) in [5.74, 6) is 0. The lowest BCUT2D eigenvalue weighted by Gasteiger charge is -1.94. The zero-order valence-corrected chi connectivity index (χ0v) is 6.51. The Morgan fingerprint density at radius 3 is 3.20 bits per heavy atom. The summed E-state index contributed by atoms with van der Waals surface area (Å²) < 4.78 is 0. The van der Waals surface area contributed by atoms with Crippen molar-refractivity contribution in [1.29, 1.82) is 0 Å². The Morgan fingerprint density at radius 2 is 2.40 bits per heavy atom. The highest BCUT2D eigenvalue weighted by molar-refractivity contribution is 5.24. The van der Waals surface area contributed by atoms with Gasteiger partial charge in [0.25, 0.3) is 0 Å². The van der Waals surface area contributed by atoms with Gasteiger partial charge in [-0.2, -0.15) is 0 Å². The second-order valence-electron chi connectivity index (χ2n) is 2.56. The summed E-state index contributed by atoms with van der Waals surface area (Å²) in [5.41, 5.74) is 1.45. The van der Waals surface area contributed by atoms with Crippen LogP contribution < -0.4 is 0 Å². The molecule has 0 fully saturated rings. The Morgan fingerprint density at radius 1 is 1.50 bits per heavy atom.